The third-order valence-corrected chi connectivity index (χ3v) is 5.56. The summed E-state index contributed by atoms with van der Waals surface area (Å²) in [5, 5.41) is 3.34. The lowest BCUT2D eigenvalue weighted by Gasteiger charge is -2.16. The van der Waals surface area contributed by atoms with Crippen molar-refractivity contribution in [2.75, 3.05) is 0 Å². The summed E-state index contributed by atoms with van der Waals surface area (Å²) in [5.41, 5.74) is 1.84. The summed E-state index contributed by atoms with van der Waals surface area (Å²) < 4.78 is 4.21. The van der Waals surface area contributed by atoms with E-state index in [2.05, 4.69) is 5.32 Å². The van der Waals surface area contributed by atoms with Crippen molar-refractivity contribution in [3.63, 3.8) is 0 Å². The van der Waals surface area contributed by atoms with Gasteiger partial charge in [0, 0.05) is 20.6 Å². The quantitative estimate of drug-likeness (QED) is 0.543. The highest BCUT2D eigenvalue weighted by molar-refractivity contribution is 5.98. The highest BCUT2D eigenvalue weighted by Crippen LogP contribution is 2.20. The zero-order valence-corrected chi connectivity index (χ0v) is 17.7. The van der Waals surface area contributed by atoms with E-state index >= 15 is 0 Å². The molecule has 7 heteroatoms. The van der Waals surface area contributed by atoms with Crippen LogP contribution < -0.4 is 16.6 Å². The first-order valence-corrected chi connectivity index (χ1v) is 10.1. The minimum Gasteiger partial charge on any atom is -0.344 e. The predicted molar refractivity (Wildman–Crippen MR) is 120 cm³/mol. The fraction of sp³-hybridized carbons (Fsp3) is 0.208. The van der Waals surface area contributed by atoms with Crippen LogP contribution in [-0.4, -0.2) is 19.6 Å². The number of aromatic nitrogens is 3. The molecule has 0 spiro atoms. The molecule has 2 heterocycles. The van der Waals surface area contributed by atoms with Crippen LogP contribution in [0.5, 0.6) is 0 Å². The number of rotatable bonds is 5. The Morgan fingerprint density at radius 2 is 1.55 bits per heavy atom. The molecule has 1 atom stereocenters. The summed E-state index contributed by atoms with van der Waals surface area (Å²) in [4.78, 5) is 38.6. The van der Waals surface area contributed by atoms with Gasteiger partial charge in [0.15, 0.2) is 0 Å². The van der Waals surface area contributed by atoms with Gasteiger partial charge in [-0.1, -0.05) is 60.7 Å². The highest BCUT2D eigenvalue weighted by Gasteiger charge is 2.22. The summed E-state index contributed by atoms with van der Waals surface area (Å²) in [7, 11) is 3.05. The van der Waals surface area contributed by atoms with Gasteiger partial charge in [0.1, 0.15) is 11.3 Å². The molecule has 0 unspecified atom stereocenters. The Hall–Kier alpha value is -3.87. The van der Waals surface area contributed by atoms with E-state index in [1.165, 1.54) is 11.6 Å². The standard InChI is InChI=1S/C24H24N4O3/c1-16(18-12-8-5-9-13-18)25-21(29)20-14-19-22(26(2)24(31)27(3)23(19)30)28(20)15-17-10-6-4-7-11-17/h4-14,16H,15H2,1-3H3,(H,25,29)/t16-/m1/s1. The molecular formula is C24H24N4O3. The lowest BCUT2D eigenvalue weighted by Crippen LogP contribution is -2.37. The van der Waals surface area contributed by atoms with Crippen LogP contribution in [0.4, 0.5) is 0 Å². The summed E-state index contributed by atoms with van der Waals surface area (Å²) in [6, 6.07) is 20.6. The van der Waals surface area contributed by atoms with E-state index in [0.717, 1.165) is 15.7 Å². The van der Waals surface area contributed by atoms with Gasteiger partial charge in [0.2, 0.25) is 0 Å². The molecule has 2 aromatic carbocycles. The Labute approximate surface area is 179 Å². The number of nitrogens with zero attached hydrogens (tertiary/aromatic N) is 3. The van der Waals surface area contributed by atoms with Crippen LogP contribution in [0.2, 0.25) is 0 Å². The highest BCUT2D eigenvalue weighted by atomic mass is 16.2. The van der Waals surface area contributed by atoms with Crippen LogP contribution >= 0.6 is 0 Å². The SMILES string of the molecule is C[C@@H](NC(=O)c1cc2c(=O)n(C)c(=O)n(C)c2n1Cc1ccccc1)c1ccccc1. The molecule has 1 N–H and O–H groups in total. The molecule has 0 fully saturated rings. The van der Waals surface area contributed by atoms with Gasteiger partial charge in [-0.05, 0) is 24.1 Å². The number of carbonyl (C=O) groups is 1. The maximum Gasteiger partial charge on any atom is 0.332 e. The third-order valence-electron chi connectivity index (χ3n) is 5.56. The van der Waals surface area contributed by atoms with E-state index in [-0.39, 0.29) is 11.9 Å². The summed E-state index contributed by atoms with van der Waals surface area (Å²) >= 11 is 0. The summed E-state index contributed by atoms with van der Waals surface area (Å²) in [6.07, 6.45) is 0. The Bertz CT molecular complexity index is 1370. The zero-order chi connectivity index (χ0) is 22.1. The lowest BCUT2D eigenvalue weighted by molar-refractivity contribution is 0.0931. The first-order chi connectivity index (χ1) is 14.9. The first kappa shape index (κ1) is 20.4. The van der Waals surface area contributed by atoms with Crippen molar-refractivity contribution in [2.45, 2.75) is 19.5 Å². The molecule has 7 nitrogen and oxygen atoms in total. The van der Waals surface area contributed by atoms with E-state index in [0.29, 0.717) is 23.3 Å². The Morgan fingerprint density at radius 3 is 2.19 bits per heavy atom. The normalized spacial score (nSPS) is 12.1. The first-order valence-electron chi connectivity index (χ1n) is 10.1. The maximum atomic E-state index is 13.3. The molecule has 4 rings (SSSR count). The second kappa shape index (κ2) is 8.10. The second-order valence-corrected chi connectivity index (χ2v) is 7.65. The van der Waals surface area contributed by atoms with E-state index in [1.54, 1.807) is 17.7 Å². The Kier molecular flexibility index (Phi) is 5.33. The predicted octanol–water partition coefficient (Wildman–Crippen LogP) is 2.58. The number of fused-ring (bicyclic) bond motifs is 1. The molecular weight excluding hydrogens is 392 g/mol. The fourth-order valence-corrected chi connectivity index (χ4v) is 3.85. The number of hydrogen-bond acceptors (Lipinski definition) is 3. The molecule has 31 heavy (non-hydrogen) atoms. The van der Waals surface area contributed by atoms with Gasteiger partial charge in [-0.3, -0.25) is 18.7 Å². The van der Waals surface area contributed by atoms with Crippen molar-refractivity contribution in [3.05, 3.63) is 104 Å². The number of nitrogens with one attached hydrogen (secondary N) is 1. The molecule has 0 bridgehead atoms. The minimum atomic E-state index is -0.436. The van der Waals surface area contributed by atoms with Crippen molar-refractivity contribution in [1.29, 1.82) is 0 Å². The molecule has 1 amide bonds. The third kappa shape index (κ3) is 3.70. The summed E-state index contributed by atoms with van der Waals surface area (Å²) in [6.45, 7) is 2.26. The van der Waals surface area contributed by atoms with Crippen molar-refractivity contribution in [1.82, 2.24) is 19.0 Å². The molecule has 0 aliphatic carbocycles. The zero-order valence-electron chi connectivity index (χ0n) is 17.7. The lowest BCUT2D eigenvalue weighted by atomic mass is 10.1. The van der Waals surface area contributed by atoms with E-state index in [9.17, 15) is 14.4 Å². The van der Waals surface area contributed by atoms with E-state index in [4.69, 9.17) is 0 Å². The smallest absolute Gasteiger partial charge is 0.332 e. The fourth-order valence-electron chi connectivity index (χ4n) is 3.85. The Balaban J connectivity index is 1.85. The number of hydrogen-bond donors (Lipinski definition) is 1. The molecule has 158 valence electrons. The molecule has 0 aliphatic rings. The maximum absolute atomic E-state index is 13.3. The van der Waals surface area contributed by atoms with Gasteiger partial charge in [-0.2, -0.15) is 0 Å². The van der Waals surface area contributed by atoms with Gasteiger partial charge in [0.05, 0.1) is 11.4 Å². The van der Waals surface area contributed by atoms with Crippen LogP contribution in [-0.2, 0) is 20.6 Å². The molecule has 4 aromatic rings. The van der Waals surface area contributed by atoms with Gasteiger partial charge in [-0.15, -0.1) is 0 Å². The average Bonchev–Trinajstić information content (AvgIpc) is 3.17. The Morgan fingerprint density at radius 1 is 0.935 bits per heavy atom. The van der Waals surface area contributed by atoms with E-state index < -0.39 is 11.2 Å². The number of benzene rings is 2. The monoisotopic (exact) mass is 416 g/mol. The van der Waals surface area contributed by atoms with Crippen LogP contribution in [0, 0.1) is 0 Å². The average molecular weight is 416 g/mol. The van der Waals surface area contributed by atoms with Crippen LogP contribution in [0.3, 0.4) is 0 Å². The van der Waals surface area contributed by atoms with Gasteiger partial charge < -0.3 is 9.88 Å². The van der Waals surface area contributed by atoms with E-state index in [1.807, 2.05) is 67.6 Å². The topological polar surface area (TPSA) is 78.0 Å². The van der Waals surface area contributed by atoms with Crippen LogP contribution in [0.15, 0.2) is 76.3 Å². The second-order valence-electron chi connectivity index (χ2n) is 7.65. The van der Waals surface area contributed by atoms with Gasteiger partial charge in [0.25, 0.3) is 11.5 Å². The summed E-state index contributed by atoms with van der Waals surface area (Å²) in [5.74, 6) is -0.307. The van der Waals surface area contributed by atoms with Crippen molar-refractivity contribution in [3.8, 4) is 0 Å². The molecule has 0 saturated carbocycles. The number of aryl methyl sites for hydroxylation is 1. The number of amides is 1. The van der Waals surface area contributed by atoms with Gasteiger partial charge >= 0.3 is 5.69 Å². The largest absolute Gasteiger partial charge is 0.344 e. The van der Waals surface area contributed by atoms with Crippen molar-refractivity contribution < 1.29 is 4.79 Å². The van der Waals surface area contributed by atoms with Crippen LogP contribution in [0.1, 0.15) is 34.6 Å². The molecule has 0 aliphatic heterocycles. The van der Waals surface area contributed by atoms with Gasteiger partial charge in [-0.25, -0.2) is 4.79 Å². The minimum absolute atomic E-state index is 0.219. The molecule has 0 saturated heterocycles. The molecule has 2 aromatic heterocycles. The number of carbonyl (C=O) groups excluding carboxylic acids is 1. The molecule has 0 radical (unpaired) electrons. The van der Waals surface area contributed by atoms with Crippen molar-refractivity contribution >= 4 is 16.9 Å². The van der Waals surface area contributed by atoms with Crippen molar-refractivity contribution in [2.24, 2.45) is 14.1 Å². The van der Waals surface area contributed by atoms with Crippen LogP contribution in [0.25, 0.3) is 11.0 Å².